The SMILES string of the molecule is O=C(O)c1ccc2c(c1)CN(CCCOCC(F)(F)F)C2. The number of carboxylic acid groups (broad SMARTS) is 1. The summed E-state index contributed by atoms with van der Waals surface area (Å²) < 4.78 is 40.2. The third-order valence-electron chi connectivity index (χ3n) is 3.27. The maximum Gasteiger partial charge on any atom is 0.411 e. The van der Waals surface area contributed by atoms with Crippen LogP contribution in [0.15, 0.2) is 18.2 Å². The van der Waals surface area contributed by atoms with Gasteiger partial charge in [0.1, 0.15) is 6.61 Å². The van der Waals surface area contributed by atoms with Crippen molar-refractivity contribution in [2.24, 2.45) is 0 Å². The van der Waals surface area contributed by atoms with Crippen LogP contribution in [0.25, 0.3) is 0 Å². The molecule has 0 spiro atoms. The number of rotatable bonds is 6. The molecule has 21 heavy (non-hydrogen) atoms. The van der Waals surface area contributed by atoms with E-state index in [0.717, 1.165) is 11.1 Å². The van der Waals surface area contributed by atoms with Gasteiger partial charge in [0.2, 0.25) is 0 Å². The van der Waals surface area contributed by atoms with Crippen LogP contribution in [0.5, 0.6) is 0 Å². The fourth-order valence-electron chi connectivity index (χ4n) is 2.33. The molecule has 0 saturated carbocycles. The fraction of sp³-hybridized carbons (Fsp3) is 0.500. The third-order valence-corrected chi connectivity index (χ3v) is 3.27. The van der Waals surface area contributed by atoms with Crippen LogP contribution in [-0.4, -0.2) is 41.9 Å². The lowest BCUT2D eigenvalue weighted by Crippen LogP contribution is -2.21. The predicted molar refractivity (Wildman–Crippen MR) is 69.0 cm³/mol. The van der Waals surface area contributed by atoms with Gasteiger partial charge in [-0.25, -0.2) is 4.79 Å². The number of halogens is 3. The van der Waals surface area contributed by atoms with Gasteiger partial charge in [-0.1, -0.05) is 6.07 Å². The smallest absolute Gasteiger partial charge is 0.411 e. The van der Waals surface area contributed by atoms with Crippen LogP contribution in [0.2, 0.25) is 0 Å². The molecule has 0 unspecified atom stereocenters. The molecule has 7 heteroatoms. The zero-order chi connectivity index (χ0) is 15.5. The van der Waals surface area contributed by atoms with E-state index in [4.69, 9.17) is 5.11 Å². The third kappa shape index (κ3) is 4.71. The summed E-state index contributed by atoms with van der Waals surface area (Å²) in [7, 11) is 0. The van der Waals surface area contributed by atoms with Crippen LogP contribution in [0, 0.1) is 0 Å². The molecule has 1 aliphatic rings. The molecule has 116 valence electrons. The Morgan fingerprint density at radius 3 is 2.67 bits per heavy atom. The lowest BCUT2D eigenvalue weighted by atomic mass is 10.1. The Morgan fingerprint density at radius 2 is 2.00 bits per heavy atom. The zero-order valence-corrected chi connectivity index (χ0v) is 11.3. The molecule has 2 rings (SSSR count). The van der Waals surface area contributed by atoms with Crippen molar-refractivity contribution < 1.29 is 27.8 Å². The molecule has 1 heterocycles. The number of carboxylic acids is 1. The number of hydrogen-bond donors (Lipinski definition) is 1. The summed E-state index contributed by atoms with van der Waals surface area (Å²) in [6.45, 7) is 0.779. The summed E-state index contributed by atoms with van der Waals surface area (Å²) in [5.74, 6) is -0.961. The Morgan fingerprint density at radius 1 is 1.29 bits per heavy atom. The van der Waals surface area contributed by atoms with Crippen LogP contribution in [0.4, 0.5) is 13.2 Å². The summed E-state index contributed by atoms with van der Waals surface area (Å²) >= 11 is 0. The van der Waals surface area contributed by atoms with Crippen molar-refractivity contribution in [2.75, 3.05) is 19.8 Å². The fourth-order valence-corrected chi connectivity index (χ4v) is 2.33. The molecule has 0 amide bonds. The minimum Gasteiger partial charge on any atom is -0.478 e. The van der Waals surface area contributed by atoms with Gasteiger partial charge in [-0.2, -0.15) is 13.2 Å². The van der Waals surface area contributed by atoms with Crippen LogP contribution >= 0.6 is 0 Å². The number of alkyl halides is 3. The maximum atomic E-state index is 11.9. The standard InChI is InChI=1S/C14H16F3NO3/c15-14(16,17)9-21-5-1-4-18-7-11-3-2-10(13(19)20)6-12(11)8-18/h2-3,6H,1,4-5,7-9H2,(H,19,20). The van der Waals surface area contributed by atoms with E-state index >= 15 is 0 Å². The summed E-state index contributed by atoms with van der Waals surface area (Å²) in [5.41, 5.74) is 2.28. The van der Waals surface area contributed by atoms with Crippen LogP contribution in [-0.2, 0) is 17.8 Å². The second-order valence-corrected chi connectivity index (χ2v) is 5.02. The highest BCUT2D eigenvalue weighted by Gasteiger charge is 2.27. The predicted octanol–water partition coefficient (Wildman–Crippen LogP) is 2.67. The van der Waals surface area contributed by atoms with E-state index in [2.05, 4.69) is 9.64 Å². The van der Waals surface area contributed by atoms with Crippen molar-refractivity contribution in [1.82, 2.24) is 4.90 Å². The monoisotopic (exact) mass is 303 g/mol. The average molecular weight is 303 g/mol. The average Bonchev–Trinajstić information content (AvgIpc) is 2.78. The number of ether oxygens (including phenoxy) is 1. The molecule has 0 saturated heterocycles. The molecular formula is C14H16F3NO3. The number of carbonyl (C=O) groups is 1. The summed E-state index contributed by atoms with van der Waals surface area (Å²) in [4.78, 5) is 12.9. The Bertz CT molecular complexity index is 517. The number of aromatic carboxylic acids is 1. The van der Waals surface area contributed by atoms with E-state index in [1.807, 2.05) is 0 Å². The van der Waals surface area contributed by atoms with Gasteiger partial charge in [-0.05, 0) is 29.7 Å². The van der Waals surface area contributed by atoms with E-state index < -0.39 is 18.8 Å². The second-order valence-electron chi connectivity index (χ2n) is 5.02. The second kappa shape index (κ2) is 6.44. The van der Waals surface area contributed by atoms with Crippen molar-refractivity contribution in [2.45, 2.75) is 25.7 Å². The molecule has 0 aromatic heterocycles. The van der Waals surface area contributed by atoms with Gasteiger partial charge in [0, 0.05) is 26.2 Å². The van der Waals surface area contributed by atoms with Crippen molar-refractivity contribution in [1.29, 1.82) is 0 Å². The van der Waals surface area contributed by atoms with E-state index in [9.17, 15) is 18.0 Å². The minimum atomic E-state index is -4.28. The van der Waals surface area contributed by atoms with Crippen molar-refractivity contribution in [3.8, 4) is 0 Å². The quantitative estimate of drug-likeness (QED) is 0.821. The first kappa shape index (κ1) is 15.8. The molecule has 0 bridgehead atoms. The van der Waals surface area contributed by atoms with Crippen molar-refractivity contribution in [3.63, 3.8) is 0 Å². The first-order valence-electron chi connectivity index (χ1n) is 6.57. The molecule has 4 nitrogen and oxygen atoms in total. The summed E-state index contributed by atoms with van der Waals surface area (Å²) in [6, 6.07) is 5.01. The van der Waals surface area contributed by atoms with Crippen LogP contribution in [0.1, 0.15) is 27.9 Å². The van der Waals surface area contributed by atoms with Gasteiger partial charge in [0.25, 0.3) is 0 Å². The van der Waals surface area contributed by atoms with E-state index in [-0.39, 0.29) is 12.2 Å². The summed E-state index contributed by atoms with van der Waals surface area (Å²) in [6.07, 6.45) is -3.77. The largest absolute Gasteiger partial charge is 0.478 e. The first-order valence-corrected chi connectivity index (χ1v) is 6.57. The number of nitrogens with zero attached hydrogens (tertiary/aromatic N) is 1. The van der Waals surface area contributed by atoms with Gasteiger partial charge < -0.3 is 9.84 Å². The normalized spacial score (nSPS) is 15.2. The molecule has 1 aliphatic heterocycles. The lowest BCUT2D eigenvalue weighted by Gasteiger charge is -2.14. The number of benzene rings is 1. The molecule has 1 aromatic rings. The van der Waals surface area contributed by atoms with Crippen LogP contribution < -0.4 is 0 Å². The lowest BCUT2D eigenvalue weighted by molar-refractivity contribution is -0.174. The van der Waals surface area contributed by atoms with Gasteiger partial charge in [-0.3, -0.25) is 4.90 Å². The minimum absolute atomic E-state index is 0.0622. The van der Waals surface area contributed by atoms with Gasteiger partial charge in [0.15, 0.2) is 0 Å². The summed E-state index contributed by atoms with van der Waals surface area (Å²) in [5, 5.41) is 8.93. The molecule has 1 aromatic carbocycles. The van der Waals surface area contributed by atoms with E-state index in [0.29, 0.717) is 26.1 Å². The van der Waals surface area contributed by atoms with E-state index in [1.165, 1.54) is 0 Å². The Balaban J connectivity index is 1.75. The molecule has 1 N–H and O–H groups in total. The number of hydrogen-bond acceptors (Lipinski definition) is 3. The Labute approximate surface area is 120 Å². The Hall–Kier alpha value is -1.60. The molecule has 0 radical (unpaired) electrons. The van der Waals surface area contributed by atoms with Gasteiger partial charge in [-0.15, -0.1) is 0 Å². The molecule has 0 atom stereocenters. The van der Waals surface area contributed by atoms with E-state index in [1.54, 1.807) is 18.2 Å². The molecule has 0 aliphatic carbocycles. The highest BCUT2D eigenvalue weighted by molar-refractivity contribution is 5.87. The zero-order valence-electron chi connectivity index (χ0n) is 11.3. The first-order chi connectivity index (χ1) is 9.85. The molecular weight excluding hydrogens is 287 g/mol. The van der Waals surface area contributed by atoms with Gasteiger partial charge >= 0.3 is 12.1 Å². The van der Waals surface area contributed by atoms with Crippen molar-refractivity contribution >= 4 is 5.97 Å². The van der Waals surface area contributed by atoms with Crippen LogP contribution in [0.3, 0.4) is 0 Å². The highest BCUT2D eigenvalue weighted by Crippen LogP contribution is 2.24. The van der Waals surface area contributed by atoms with Gasteiger partial charge in [0.05, 0.1) is 5.56 Å². The number of fused-ring (bicyclic) bond motifs is 1. The molecule has 0 fully saturated rings. The Kier molecular flexibility index (Phi) is 4.84. The maximum absolute atomic E-state index is 11.9. The topological polar surface area (TPSA) is 49.8 Å². The highest BCUT2D eigenvalue weighted by atomic mass is 19.4. The van der Waals surface area contributed by atoms with Crippen molar-refractivity contribution in [3.05, 3.63) is 34.9 Å².